The molecule has 0 unspecified atom stereocenters. The van der Waals surface area contributed by atoms with Crippen LogP contribution in [-0.2, 0) is 11.3 Å². The van der Waals surface area contributed by atoms with Crippen molar-refractivity contribution in [3.05, 3.63) is 73.3 Å². The summed E-state index contributed by atoms with van der Waals surface area (Å²) in [6.45, 7) is 5.87. The van der Waals surface area contributed by atoms with Gasteiger partial charge in [0, 0.05) is 36.4 Å². The fraction of sp³-hybridized carbons (Fsp3) is 0.136. The van der Waals surface area contributed by atoms with Gasteiger partial charge in [0.05, 0.1) is 18.3 Å². The maximum Gasteiger partial charge on any atom is 0.255 e. The molecule has 0 radical (unpaired) electrons. The minimum atomic E-state index is -0.326. The molecule has 0 bridgehead atoms. The van der Waals surface area contributed by atoms with Gasteiger partial charge in [0.2, 0.25) is 11.8 Å². The number of anilines is 1. The molecule has 0 spiro atoms. The van der Waals surface area contributed by atoms with Gasteiger partial charge in [-0.05, 0) is 31.2 Å². The third-order valence-electron chi connectivity index (χ3n) is 4.51. The Hall–Kier alpha value is -4.47. The number of amides is 2. The van der Waals surface area contributed by atoms with E-state index >= 15 is 0 Å². The number of hydrogen-bond donors (Lipinski definition) is 3. The van der Waals surface area contributed by atoms with Crippen molar-refractivity contribution in [2.24, 2.45) is 0 Å². The molecule has 1 aromatic carbocycles. The molecule has 0 saturated heterocycles. The molecule has 162 valence electrons. The normalized spacial score (nSPS) is 11.7. The van der Waals surface area contributed by atoms with Gasteiger partial charge in [0.25, 0.3) is 5.91 Å². The van der Waals surface area contributed by atoms with Gasteiger partial charge >= 0.3 is 0 Å². The second-order valence-electron chi connectivity index (χ2n) is 7.03. The second kappa shape index (κ2) is 9.13. The Morgan fingerprint density at radius 2 is 2.22 bits per heavy atom. The van der Waals surface area contributed by atoms with E-state index in [1.165, 1.54) is 12.3 Å². The van der Waals surface area contributed by atoms with E-state index in [4.69, 9.17) is 4.74 Å². The van der Waals surface area contributed by atoms with Crippen LogP contribution in [-0.4, -0.2) is 42.6 Å². The number of carbonyl (C=O) groups excluding carboxylic acids is 2. The Kier molecular flexibility index (Phi) is 5.93. The molecule has 0 aliphatic rings. The third kappa shape index (κ3) is 4.81. The van der Waals surface area contributed by atoms with Crippen molar-refractivity contribution < 1.29 is 14.3 Å². The van der Waals surface area contributed by atoms with Gasteiger partial charge in [0.1, 0.15) is 11.3 Å². The molecule has 4 aromatic rings. The first-order chi connectivity index (χ1) is 15.5. The summed E-state index contributed by atoms with van der Waals surface area (Å²) >= 11 is 0. The van der Waals surface area contributed by atoms with Crippen LogP contribution in [0.5, 0.6) is 11.6 Å². The number of aromatic amines is 1. The summed E-state index contributed by atoms with van der Waals surface area (Å²) in [4.78, 5) is 36.0. The largest absolute Gasteiger partial charge is 0.437 e. The molecule has 0 fully saturated rings. The van der Waals surface area contributed by atoms with Crippen molar-refractivity contribution in [2.45, 2.75) is 19.5 Å². The van der Waals surface area contributed by atoms with Gasteiger partial charge in [-0.2, -0.15) is 5.10 Å². The molecular weight excluding hydrogens is 410 g/mol. The average molecular weight is 431 g/mol. The summed E-state index contributed by atoms with van der Waals surface area (Å²) in [5.41, 5.74) is 1.77. The molecule has 3 aromatic heterocycles. The second-order valence-corrected chi connectivity index (χ2v) is 7.03. The number of benzene rings is 1. The van der Waals surface area contributed by atoms with Crippen LogP contribution in [0.4, 0.5) is 5.69 Å². The molecule has 10 heteroatoms. The maximum absolute atomic E-state index is 12.8. The highest BCUT2D eigenvalue weighted by Gasteiger charge is 2.17. The molecule has 10 nitrogen and oxygen atoms in total. The fourth-order valence-corrected chi connectivity index (χ4v) is 3.09. The van der Waals surface area contributed by atoms with Crippen molar-refractivity contribution in [1.29, 1.82) is 0 Å². The number of rotatable bonds is 8. The van der Waals surface area contributed by atoms with Crippen molar-refractivity contribution in [3.63, 3.8) is 0 Å². The van der Waals surface area contributed by atoms with Crippen LogP contribution in [0.2, 0.25) is 0 Å². The minimum absolute atomic E-state index is 0.145. The summed E-state index contributed by atoms with van der Waals surface area (Å²) in [5, 5.41) is 9.75. The summed E-state index contributed by atoms with van der Waals surface area (Å²) in [6, 6.07) is 8.51. The Bertz CT molecular complexity index is 1260. The molecule has 4 rings (SSSR count). The van der Waals surface area contributed by atoms with Gasteiger partial charge in [0.15, 0.2) is 5.65 Å². The number of ether oxygens (including phenoxy) is 1. The molecule has 32 heavy (non-hydrogen) atoms. The molecule has 3 N–H and O–H groups in total. The van der Waals surface area contributed by atoms with E-state index in [2.05, 4.69) is 37.3 Å². The number of carbonyl (C=O) groups is 2. The van der Waals surface area contributed by atoms with Crippen molar-refractivity contribution in [3.8, 4) is 11.6 Å². The first-order valence-electron chi connectivity index (χ1n) is 9.85. The lowest BCUT2D eigenvalue weighted by Gasteiger charge is -2.13. The molecule has 2 amide bonds. The zero-order chi connectivity index (χ0) is 22.5. The fourth-order valence-electron chi connectivity index (χ4n) is 3.09. The number of nitrogens with one attached hydrogen (secondary N) is 3. The maximum atomic E-state index is 12.8. The predicted octanol–water partition coefficient (Wildman–Crippen LogP) is 2.89. The zero-order valence-corrected chi connectivity index (χ0v) is 17.3. The van der Waals surface area contributed by atoms with Crippen LogP contribution >= 0.6 is 0 Å². The Balaban J connectivity index is 1.50. The van der Waals surface area contributed by atoms with Crippen LogP contribution in [0, 0.1) is 0 Å². The highest BCUT2D eigenvalue weighted by Crippen LogP contribution is 2.24. The van der Waals surface area contributed by atoms with E-state index in [-0.39, 0.29) is 23.7 Å². The van der Waals surface area contributed by atoms with Gasteiger partial charge < -0.3 is 20.4 Å². The number of nitrogens with zero attached hydrogens (tertiary/aromatic N) is 4. The lowest BCUT2D eigenvalue weighted by atomic mass is 10.2. The van der Waals surface area contributed by atoms with Crippen LogP contribution in [0.15, 0.2) is 67.8 Å². The van der Waals surface area contributed by atoms with Crippen molar-refractivity contribution >= 4 is 28.7 Å². The predicted molar refractivity (Wildman–Crippen MR) is 118 cm³/mol. The van der Waals surface area contributed by atoms with E-state index < -0.39 is 0 Å². The lowest BCUT2D eigenvalue weighted by Crippen LogP contribution is -2.35. The zero-order valence-electron chi connectivity index (χ0n) is 17.3. The lowest BCUT2D eigenvalue weighted by molar-refractivity contribution is -0.111. The molecule has 1 atom stereocenters. The van der Waals surface area contributed by atoms with Crippen molar-refractivity contribution in [1.82, 2.24) is 30.0 Å². The van der Waals surface area contributed by atoms with Crippen LogP contribution in [0.1, 0.15) is 17.3 Å². The first-order valence-corrected chi connectivity index (χ1v) is 9.85. The smallest absolute Gasteiger partial charge is 0.255 e. The first kappa shape index (κ1) is 20.8. The summed E-state index contributed by atoms with van der Waals surface area (Å²) in [5.74, 6) is 0.0578. The number of hydrogen-bond acceptors (Lipinski definition) is 6. The highest BCUT2D eigenvalue weighted by atomic mass is 16.5. The van der Waals surface area contributed by atoms with Gasteiger partial charge in [-0.3, -0.25) is 14.3 Å². The Labute approximate surface area is 183 Å². The molecule has 0 aliphatic carbocycles. The van der Waals surface area contributed by atoms with E-state index in [1.54, 1.807) is 41.3 Å². The topological polar surface area (TPSA) is 127 Å². The highest BCUT2D eigenvalue weighted by molar-refractivity contribution is 6.04. The van der Waals surface area contributed by atoms with Gasteiger partial charge in [-0.25, -0.2) is 9.97 Å². The van der Waals surface area contributed by atoms with Crippen LogP contribution in [0.3, 0.4) is 0 Å². The monoisotopic (exact) mass is 431 g/mol. The van der Waals surface area contributed by atoms with Crippen LogP contribution in [0.25, 0.3) is 11.2 Å². The molecular formula is C22H21N7O3. The molecule has 3 heterocycles. The van der Waals surface area contributed by atoms with Crippen LogP contribution < -0.4 is 15.4 Å². The molecule has 0 saturated carbocycles. The number of aromatic nitrogens is 5. The summed E-state index contributed by atoms with van der Waals surface area (Å²) in [7, 11) is 0. The van der Waals surface area contributed by atoms with E-state index in [9.17, 15) is 9.59 Å². The average Bonchev–Trinajstić information content (AvgIpc) is 3.43. The van der Waals surface area contributed by atoms with Crippen molar-refractivity contribution in [2.75, 3.05) is 5.32 Å². The quantitative estimate of drug-likeness (QED) is 0.368. The van der Waals surface area contributed by atoms with Gasteiger partial charge in [-0.1, -0.05) is 12.6 Å². The summed E-state index contributed by atoms with van der Waals surface area (Å²) < 4.78 is 7.54. The minimum Gasteiger partial charge on any atom is -0.437 e. The Morgan fingerprint density at radius 1 is 1.34 bits per heavy atom. The number of H-pyrrole nitrogens is 1. The third-order valence-corrected chi connectivity index (χ3v) is 4.51. The van der Waals surface area contributed by atoms with E-state index in [0.717, 1.165) is 0 Å². The SMILES string of the molecule is C=CC(=O)Nc1cccc(Oc2cnc3[nH]cc(C(=O)N[C@H](C)Cn4cccn4)c3n2)c1. The van der Waals surface area contributed by atoms with Gasteiger partial charge in [-0.15, -0.1) is 0 Å². The Morgan fingerprint density at radius 3 is 3.00 bits per heavy atom. The van der Waals surface area contributed by atoms with E-state index in [0.29, 0.717) is 34.7 Å². The van der Waals surface area contributed by atoms with E-state index in [1.807, 2.05) is 19.2 Å². The standard InChI is InChI=1S/C22H21N7O3/c1-3-18(30)27-15-6-4-7-16(10-15)32-19-12-24-21-20(28-19)17(11-23-21)22(31)26-14(2)13-29-9-5-8-25-29/h3-12,14H,1,13H2,2H3,(H,23,24)(H,26,31)(H,27,30)/t14-/m1/s1. The summed E-state index contributed by atoms with van der Waals surface area (Å²) in [6.07, 6.45) is 7.72. The molecule has 0 aliphatic heterocycles. The number of fused-ring (bicyclic) bond motifs is 1.